The van der Waals surface area contributed by atoms with Crippen molar-refractivity contribution >= 4 is 45.3 Å². The van der Waals surface area contributed by atoms with Gasteiger partial charge in [-0.1, -0.05) is 11.6 Å². The van der Waals surface area contributed by atoms with Crippen LogP contribution in [0, 0.1) is 0 Å². The van der Waals surface area contributed by atoms with Crippen molar-refractivity contribution in [1.29, 1.82) is 0 Å². The van der Waals surface area contributed by atoms with Crippen LogP contribution in [-0.2, 0) is 17.9 Å². The van der Waals surface area contributed by atoms with Crippen molar-refractivity contribution in [3.8, 4) is 5.75 Å². The highest BCUT2D eigenvalue weighted by Crippen LogP contribution is 2.34. The molecule has 1 N–H and O–H groups in total. The molecule has 10 heteroatoms. The van der Waals surface area contributed by atoms with Crippen LogP contribution in [0.25, 0.3) is 21.9 Å². The zero-order chi connectivity index (χ0) is 22.8. The first-order valence-corrected chi connectivity index (χ1v) is 10.5. The third-order valence-corrected chi connectivity index (χ3v) is 5.48. The number of aromatic nitrogens is 4. The molecule has 9 nitrogen and oxygen atoms in total. The number of nitrogens with zero attached hydrogens (tertiary/aromatic N) is 5. The zero-order valence-electron chi connectivity index (χ0n) is 17.7. The summed E-state index contributed by atoms with van der Waals surface area (Å²) in [6.45, 7) is 3.04. The molecule has 3 heterocycles. The molecule has 4 aromatic rings. The van der Waals surface area contributed by atoms with Gasteiger partial charge in [-0.3, -0.25) is 9.59 Å². The summed E-state index contributed by atoms with van der Waals surface area (Å²) in [5.74, 6) is -0.192. The molecule has 0 saturated carbocycles. The molecular weight excluding hydrogens is 434 g/mol. The Bertz CT molecular complexity index is 1350. The van der Waals surface area contributed by atoms with E-state index < -0.39 is 12.5 Å². The van der Waals surface area contributed by atoms with Crippen LogP contribution in [0.3, 0.4) is 0 Å². The monoisotopic (exact) mass is 455 g/mol. The van der Waals surface area contributed by atoms with Gasteiger partial charge in [-0.05, 0) is 31.2 Å². The molecule has 32 heavy (non-hydrogen) atoms. The van der Waals surface area contributed by atoms with Crippen LogP contribution < -0.4 is 15.1 Å². The number of carbonyl (C=O) groups is 1. The number of likely N-dealkylation sites (N-methyl/N-ethyl adjacent to an activating group) is 1. The quantitative estimate of drug-likeness (QED) is 0.407. The van der Waals surface area contributed by atoms with Gasteiger partial charge in [0.25, 0.3) is 0 Å². The molecule has 0 spiro atoms. The zero-order valence-corrected chi connectivity index (χ0v) is 18.4. The summed E-state index contributed by atoms with van der Waals surface area (Å²) in [6, 6.07) is 6.61. The third-order valence-electron chi connectivity index (χ3n) is 5.18. The molecule has 0 fully saturated rings. The molecular formula is C22H22ClN5O4. The number of imidazole rings is 1. The predicted octanol–water partition coefficient (Wildman–Crippen LogP) is 3.02. The second-order valence-corrected chi connectivity index (χ2v) is 7.68. The minimum Gasteiger partial charge on any atom is -0.490 e. The summed E-state index contributed by atoms with van der Waals surface area (Å²) >= 11 is 6.34. The highest BCUT2D eigenvalue weighted by Gasteiger charge is 2.20. The summed E-state index contributed by atoms with van der Waals surface area (Å²) < 4.78 is 9.13. The molecule has 0 radical (unpaired) electrons. The standard InChI is InChI=1S/C22H22ClN5O4/c1-3-32-21-16(23)6-4-14-19(21)28(12-18(29)30)22-15(20(14)31)5-7-17(25-22)26(2)10-11-27-9-8-24-13-27/h4-9,13H,3,10-12H2,1-2H3,(H,29,30). The Kier molecular flexibility index (Phi) is 6.00. The van der Waals surface area contributed by atoms with Crippen molar-refractivity contribution in [1.82, 2.24) is 19.1 Å². The van der Waals surface area contributed by atoms with Gasteiger partial charge < -0.3 is 23.9 Å². The van der Waals surface area contributed by atoms with E-state index in [0.29, 0.717) is 46.8 Å². The number of halogens is 1. The normalized spacial score (nSPS) is 11.2. The first kappa shape index (κ1) is 21.6. The van der Waals surface area contributed by atoms with Crippen LogP contribution in [0.5, 0.6) is 5.75 Å². The Balaban J connectivity index is 1.91. The van der Waals surface area contributed by atoms with E-state index in [0.717, 1.165) is 0 Å². The fraction of sp³-hybridized carbons (Fsp3) is 0.273. The number of hydrogen-bond acceptors (Lipinski definition) is 6. The second-order valence-electron chi connectivity index (χ2n) is 7.28. The van der Waals surface area contributed by atoms with Crippen molar-refractivity contribution in [2.45, 2.75) is 20.0 Å². The molecule has 3 aromatic heterocycles. The van der Waals surface area contributed by atoms with E-state index >= 15 is 0 Å². The third kappa shape index (κ3) is 3.99. The van der Waals surface area contributed by atoms with E-state index in [-0.39, 0.29) is 16.8 Å². The van der Waals surface area contributed by atoms with E-state index in [1.54, 1.807) is 43.7 Å². The van der Waals surface area contributed by atoms with Gasteiger partial charge in [0.1, 0.15) is 18.0 Å². The fourth-order valence-electron chi connectivity index (χ4n) is 3.65. The average Bonchev–Trinajstić information content (AvgIpc) is 3.29. The van der Waals surface area contributed by atoms with Gasteiger partial charge in [0, 0.05) is 32.5 Å². The Morgan fingerprint density at radius 3 is 2.72 bits per heavy atom. The Labute approximate surface area is 188 Å². The molecule has 0 bridgehead atoms. The number of rotatable bonds is 8. The summed E-state index contributed by atoms with van der Waals surface area (Å²) in [5.41, 5.74) is 0.333. The van der Waals surface area contributed by atoms with E-state index in [2.05, 4.69) is 9.97 Å². The number of ether oxygens (including phenoxy) is 1. The number of aliphatic carboxylic acids is 1. The van der Waals surface area contributed by atoms with Crippen LogP contribution in [0.15, 0.2) is 47.8 Å². The van der Waals surface area contributed by atoms with E-state index in [9.17, 15) is 14.7 Å². The van der Waals surface area contributed by atoms with Crippen LogP contribution in [-0.4, -0.2) is 50.4 Å². The number of carboxylic acid groups (broad SMARTS) is 1. The molecule has 166 valence electrons. The number of pyridine rings is 2. The van der Waals surface area contributed by atoms with Gasteiger partial charge in [0.15, 0.2) is 11.2 Å². The van der Waals surface area contributed by atoms with Crippen LogP contribution in [0.2, 0.25) is 5.02 Å². The molecule has 0 aliphatic rings. The van der Waals surface area contributed by atoms with Crippen molar-refractivity contribution in [2.75, 3.05) is 25.1 Å². The lowest BCUT2D eigenvalue weighted by molar-refractivity contribution is -0.137. The molecule has 0 atom stereocenters. The molecule has 0 aliphatic heterocycles. The van der Waals surface area contributed by atoms with Gasteiger partial charge in [-0.2, -0.15) is 0 Å². The minimum absolute atomic E-state index is 0.255. The highest BCUT2D eigenvalue weighted by atomic mass is 35.5. The van der Waals surface area contributed by atoms with Gasteiger partial charge in [-0.15, -0.1) is 0 Å². The van der Waals surface area contributed by atoms with Crippen LogP contribution in [0.1, 0.15) is 6.92 Å². The lowest BCUT2D eigenvalue weighted by Gasteiger charge is -2.21. The molecule has 4 rings (SSSR count). The van der Waals surface area contributed by atoms with E-state index in [1.165, 1.54) is 4.57 Å². The second kappa shape index (κ2) is 8.88. The van der Waals surface area contributed by atoms with Crippen LogP contribution >= 0.6 is 11.6 Å². The van der Waals surface area contributed by atoms with Crippen molar-refractivity contribution < 1.29 is 14.6 Å². The summed E-state index contributed by atoms with van der Waals surface area (Å²) in [4.78, 5) is 35.6. The number of benzene rings is 1. The van der Waals surface area contributed by atoms with Crippen LogP contribution in [0.4, 0.5) is 5.82 Å². The number of carboxylic acids is 1. The maximum absolute atomic E-state index is 13.2. The van der Waals surface area contributed by atoms with Gasteiger partial charge in [0.05, 0.1) is 34.2 Å². The SMILES string of the molecule is CCOc1c(Cl)ccc2c(=O)c3ccc(N(C)CCn4ccnc4)nc3n(CC(=O)O)c12. The van der Waals surface area contributed by atoms with E-state index in [4.69, 9.17) is 16.3 Å². The fourth-order valence-corrected chi connectivity index (χ4v) is 3.86. The van der Waals surface area contributed by atoms with Crippen molar-refractivity contribution in [3.05, 3.63) is 58.2 Å². The van der Waals surface area contributed by atoms with Crippen molar-refractivity contribution in [3.63, 3.8) is 0 Å². The Morgan fingerprint density at radius 1 is 1.25 bits per heavy atom. The topological polar surface area (TPSA) is 102 Å². The lowest BCUT2D eigenvalue weighted by atomic mass is 10.1. The van der Waals surface area contributed by atoms with Crippen molar-refractivity contribution in [2.24, 2.45) is 0 Å². The summed E-state index contributed by atoms with van der Waals surface area (Å²) in [6.07, 6.45) is 5.32. The predicted molar refractivity (Wildman–Crippen MR) is 123 cm³/mol. The highest BCUT2D eigenvalue weighted by molar-refractivity contribution is 6.33. The lowest BCUT2D eigenvalue weighted by Crippen LogP contribution is -2.24. The largest absolute Gasteiger partial charge is 0.490 e. The van der Waals surface area contributed by atoms with Gasteiger partial charge >= 0.3 is 5.97 Å². The summed E-state index contributed by atoms with van der Waals surface area (Å²) in [5, 5.41) is 10.5. The average molecular weight is 456 g/mol. The minimum atomic E-state index is -1.07. The molecule has 0 aliphatic carbocycles. The first-order chi connectivity index (χ1) is 15.4. The molecule has 0 unspecified atom stereocenters. The summed E-state index contributed by atoms with van der Waals surface area (Å²) in [7, 11) is 1.88. The maximum Gasteiger partial charge on any atom is 0.323 e. The number of anilines is 1. The van der Waals surface area contributed by atoms with Gasteiger partial charge in [0.2, 0.25) is 0 Å². The molecule has 0 saturated heterocycles. The number of fused-ring (bicyclic) bond motifs is 2. The molecule has 0 amide bonds. The Morgan fingerprint density at radius 2 is 2.03 bits per heavy atom. The first-order valence-electron chi connectivity index (χ1n) is 10.1. The molecule has 1 aromatic carbocycles. The maximum atomic E-state index is 13.2. The number of hydrogen-bond donors (Lipinski definition) is 1. The van der Waals surface area contributed by atoms with Gasteiger partial charge in [-0.25, -0.2) is 9.97 Å². The Hall–Kier alpha value is -3.59. The smallest absolute Gasteiger partial charge is 0.323 e. The van der Waals surface area contributed by atoms with E-state index in [1.807, 2.05) is 22.7 Å².